The van der Waals surface area contributed by atoms with Gasteiger partial charge in [0.25, 0.3) is 5.56 Å². The molecule has 0 radical (unpaired) electrons. The number of rotatable bonds is 4. The molecule has 2 heterocycles. The van der Waals surface area contributed by atoms with E-state index in [9.17, 15) is 19.8 Å². The van der Waals surface area contributed by atoms with E-state index in [0.717, 1.165) is 5.56 Å². The zero-order valence-corrected chi connectivity index (χ0v) is 14.7. The van der Waals surface area contributed by atoms with E-state index < -0.39 is 29.2 Å². The minimum absolute atomic E-state index is 0.137. The summed E-state index contributed by atoms with van der Waals surface area (Å²) in [5, 5.41) is 19.6. The van der Waals surface area contributed by atoms with E-state index in [1.165, 1.54) is 10.8 Å². The molecule has 2 aromatic rings. The van der Waals surface area contributed by atoms with Crippen LogP contribution in [0.15, 0.2) is 59.3 Å². The van der Waals surface area contributed by atoms with Crippen LogP contribution in [0.5, 0.6) is 0 Å². The second kappa shape index (κ2) is 8.27. The molecule has 0 amide bonds. The minimum atomic E-state index is -1.17. The van der Waals surface area contributed by atoms with E-state index in [1.54, 1.807) is 6.92 Å². The van der Waals surface area contributed by atoms with Crippen LogP contribution in [-0.4, -0.2) is 38.6 Å². The lowest BCUT2D eigenvalue weighted by molar-refractivity contribution is -0.119. The number of hydrogen-bond donors (Lipinski definition) is 3. The summed E-state index contributed by atoms with van der Waals surface area (Å²) in [6.45, 7) is 7.24. The van der Waals surface area contributed by atoms with Gasteiger partial charge in [0.05, 0.1) is 12.7 Å². The summed E-state index contributed by atoms with van der Waals surface area (Å²) in [6, 6.07) is 9.42. The van der Waals surface area contributed by atoms with Crippen LogP contribution in [0.4, 0.5) is 0 Å². The molecule has 1 fully saturated rings. The Balaban J connectivity index is 0.00000117. The van der Waals surface area contributed by atoms with Gasteiger partial charge in [-0.2, -0.15) is 0 Å². The van der Waals surface area contributed by atoms with Crippen molar-refractivity contribution in [2.45, 2.75) is 37.7 Å². The Bertz CT molecular complexity index is 845. The van der Waals surface area contributed by atoms with Gasteiger partial charge in [0.15, 0.2) is 5.72 Å². The number of aryl methyl sites for hydroxylation is 1. The van der Waals surface area contributed by atoms with Gasteiger partial charge in [-0.3, -0.25) is 14.3 Å². The van der Waals surface area contributed by atoms with Crippen LogP contribution in [0.1, 0.15) is 17.5 Å². The standard InChI is InChI=1S/C17H20N2O5.C2H4/c1-11-9-19(16(23)18-15(11)22)17(7-12-5-3-2-4-6-12)8-13(21)14(10-20)24-17;1-2/h2-6,9,13-14,20-21H,7-8,10H2,1H3,(H,18,22,23);1-2H2/t13-,14+,17+;/m0./s1. The fourth-order valence-corrected chi connectivity index (χ4v) is 3.16. The van der Waals surface area contributed by atoms with Crippen molar-refractivity contribution in [2.75, 3.05) is 6.61 Å². The largest absolute Gasteiger partial charge is 0.394 e. The molecule has 0 spiro atoms. The molecule has 1 aliphatic heterocycles. The van der Waals surface area contributed by atoms with Crippen molar-refractivity contribution in [1.82, 2.24) is 9.55 Å². The molecule has 3 rings (SSSR count). The number of aliphatic hydroxyl groups excluding tert-OH is 2. The monoisotopic (exact) mass is 360 g/mol. The first-order valence-corrected chi connectivity index (χ1v) is 8.29. The van der Waals surface area contributed by atoms with Crippen molar-refractivity contribution in [3.05, 3.63) is 81.7 Å². The fraction of sp³-hybridized carbons (Fsp3) is 0.368. The van der Waals surface area contributed by atoms with Gasteiger partial charge in [0.1, 0.15) is 6.10 Å². The van der Waals surface area contributed by atoms with Crippen LogP contribution in [0.2, 0.25) is 0 Å². The highest BCUT2D eigenvalue weighted by Crippen LogP contribution is 2.37. The van der Waals surface area contributed by atoms with Crippen molar-refractivity contribution in [3.63, 3.8) is 0 Å². The van der Waals surface area contributed by atoms with E-state index in [0.29, 0.717) is 12.0 Å². The molecule has 3 atom stereocenters. The van der Waals surface area contributed by atoms with Gasteiger partial charge >= 0.3 is 5.69 Å². The van der Waals surface area contributed by atoms with Crippen molar-refractivity contribution in [3.8, 4) is 0 Å². The van der Waals surface area contributed by atoms with Gasteiger partial charge in [-0.15, -0.1) is 13.2 Å². The average molecular weight is 360 g/mol. The quantitative estimate of drug-likeness (QED) is 0.696. The Morgan fingerprint density at radius 2 is 1.96 bits per heavy atom. The predicted octanol–water partition coefficient (Wildman–Crippen LogP) is 0.685. The van der Waals surface area contributed by atoms with Gasteiger partial charge < -0.3 is 14.9 Å². The Hall–Kier alpha value is -2.48. The average Bonchev–Trinajstić information content (AvgIpc) is 2.97. The van der Waals surface area contributed by atoms with E-state index in [4.69, 9.17) is 4.74 Å². The number of aromatic nitrogens is 2. The summed E-state index contributed by atoms with van der Waals surface area (Å²) in [5.74, 6) is 0. The Morgan fingerprint density at radius 3 is 2.54 bits per heavy atom. The van der Waals surface area contributed by atoms with Crippen molar-refractivity contribution in [2.24, 2.45) is 0 Å². The molecule has 7 nitrogen and oxygen atoms in total. The number of aliphatic hydroxyl groups is 2. The Labute approximate surface area is 151 Å². The van der Waals surface area contributed by atoms with Crippen molar-refractivity contribution < 1.29 is 14.9 Å². The molecule has 0 bridgehead atoms. The van der Waals surface area contributed by atoms with Crippen LogP contribution < -0.4 is 11.2 Å². The van der Waals surface area contributed by atoms with Gasteiger partial charge in [-0.25, -0.2) is 4.79 Å². The topological polar surface area (TPSA) is 105 Å². The SMILES string of the molecule is C=C.Cc1cn([C@@]2(Cc3ccccc3)C[C@H](O)[C@@H](CO)O2)c(=O)[nH]c1=O. The van der Waals surface area contributed by atoms with Gasteiger partial charge in [0, 0.05) is 24.6 Å². The molecule has 140 valence electrons. The van der Waals surface area contributed by atoms with E-state index >= 15 is 0 Å². The first kappa shape index (κ1) is 19.8. The van der Waals surface area contributed by atoms with Gasteiger partial charge in [-0.1, -0.05) is 30.3 Å². The summed E-state index contributed by atoms with van der Waals surface area (Å²) in [4.78, 5) is 26.3. The summed E-state index contributed by atoms with van der Waals surface area (Å²) in [6.07, 6.45) is 0.215. The fourth-order valence-electron chi connectivity index (χ4n) is 3.16. The molecule has 0 saturated carbocycles. The molecule has 1 aromatic carbocycles. The van der Waals surface area contributed by atoms with Crippen LogP contribution >= 0.6 is 0 Å². The maximum absolute atomic E-state index is 12.4. The molecular weight excluding hydrogens is 336 g/mol. The molecule has 1 aliphatic rings. The second-order valence-electron chi connectivity index (χ2n) is 6.16. The third kappa shape index (κ3) is 3.85. The van der Waals surface area contributed by atoms with Crippen LogP contribution in [0, 0.1) is 6.92 Å². The summed E-state index contributed by atoms with van der Waals surface area (Å²) < 4.78 is 7.23. The maximum Gasteiger partial charge on any atom is 0.330 e. The number of aromatic amines is 1. The van der Waals surface area contributed by atoms with Gasteiger partial charge in [0.2, 0.25) is 0 Å². The van der Waals surface area contributed by atoms with E-state index in [2.05, 4.69) is 18.1 Å². The lowest BCUT2D eigenvalue weighted by Gasteiger charge is -2.31. The van der Waals surface area contributed by atoms with E-state index in [-0.39, 0.29) is 13.0 Å². The van der Waals surface area contributed by atoms with Crippen molar-refractivity contribution in [1.29, 1.82) is 0 Å². The van der Waals surface area contributed by atoms with Crippen molar-refractivity contribution >= 4 is 0 Å². The summed E-state index contributed by atoms with van der Waals surface area (Å²) in [7, 11) is 0. The Morgan fingerprint density at radius 1 is 1.31 bits per heavy atom. The summed E-state index contributed by atoms with van der Waals surface area (Å²) in [5.41, 5.74) is -0.942. The highest BCUT2D eigenvalue weighted by Gasteiger charge is 2.47. The predicted molar refractivity (Wildman–Crippen MR) is 98.0 cm³/mol. The number of benzene rings is 1. The second-order valence-corrected chi connectivity index (χ2v) is 6.16. The van der Waals surface area contributed by atoms with E-state index in [1.807, 2.05) is 30.3 Å². The third-order valence-corrected chi connectivity index (χ3v) is 4.39. The lowest BCUT2D eigenvalue weighted by Crippen LogP contribution is -2.46. The first-order valence-electron chi connectivity index (χ1n) is 8.29. The molecule has 26 heavy (non-hydrogen) atoms. The molecule has 7 heteroatoms. The molecule has 0 unspecified atom stereocenters. The normalized spacial score (nSPS) is 24.7. The maximum atomic E-state index is 12.4. The van der Waals surface area contributed by atoms with Crippen LogP contribution in [-0.2, 0) is 16.9 Å². The number of H-pyrrole nitrogens is 1. The van der Waals surface area contributed by atoms with Crippen LogP contribution in [0.3, 0.4) is 0 Å². The minimum Gasteiger partial charge on any atom is -0.394 e. The number of hydrogen-bond acceptors (Lipinski definition) is 5. The van der Waals surface area contributed by atoms with Crippen LogP contribution in [0.25, 0.3) is 0 Å². The first-order chi connectivity index (χ1) is 12.4. The third-order valence-electron chi connectivity index (χ3n) is 4.39. The molecule has 1 aromatic heterocycles. The highest BCUT2D eigenvalue weighted by molar-refractivity contribution is 5.18. The van der Waals surface area contributed by atoms with Gasteiger partial charge in [-0.05, 0) is 12.5 Å². The smallest absolute Gasteiger partial charge is 0.330 e. The molecule has 3 N–H and O–H groups in total. The Kier molecular flexibility index (Phi) is 6.31. The zero-order chi connectivity index (χ0) is 19.3. The zero-order valence-electron chi connectivity index (χ0n) is 14.7. The summed E-state index contributed by atoms with van der Waals surface area (Å²) >= 11 is 0. The number of ether oxygens (including phenoxy) is 1. The molecule has 1 saturated heterocycles. The number of nitrogens with one attached hydrogen (secondary N) is 1. The highest BCUT2D eigenvalue weighted by atomic mass is 16.6. The number of nitrogens with zero attached hydrogens (tertiary/aromatic N) is 1. The lowest BCUT2D eigenvalue weighted by atomic mass is 9.97. The molecule has 0 aliphatic carbocycles. The molecular formula is C19H24N2O5.